The van der Waals surface area contributed by atoms with Crippen molar-refractivity contribution in [2.75, 3.05) is 6.54 Å². The fourth-order valence-corrected chi connectivity index (χ4v) is 4.79. The van der Waals surface area contributed by atoms with Crippen LogP contribution in [-0.4, -0.2) is 23.3 Å². The first kappa shape index (κ1) is 25.3. The minimum atomic E-state index is -0.394. The molecule has 0 aliphatic carbocycles. The van der Waals surface area contributed by atoms with Crippen LogP contribution in [0.3, 0.4) is 0 Å². The second-order valence-corrected chi connectivity index (χ2v) is 9.23. The maximum atomic E-state index is 14.1. The Bertz CT molecular complexity index is 1430. The minimum Gasteiger partial charge on any atom is -0.486 e. The van der Waals surface area contributed by atoms with Gasteiger partial charge < -0.3 is 19.4 Å². The molecule has 5 rings (SSSR count). The zero-order chi connectivity index (χ0) is 26.5. The van der Waals surface area contributed by atoms with E-state index in [1.807, 2.05) is 66.4 Å². The second kappa shape index (κ2) is 11.3. The maximum absolute atomic E-state index is 14.1. The van der Waals surface area contributed by atoms with Crippen LogP contribution in [0, 0.1) is 5.82 Å². The average Bonchev–Trinajstić information content (AvgIpc) is 3.43. The molecule has 1 N–H and O–H groups in total. The molecule has 4 aromatic rings. The molecule has 0 radical (unpaired) electrons. The third-order valence-electron chi connectivity index (χ3n) is 6.70. The highest BCUT2D eigenvalue weighted by Gasteiger charge is 2.32. The van der Waals surface area contributed by atoms with E-state index in [0.717, 1.165) is 22.3 Å². The summed E-state index contributed by atoms with van der Waals surface area (Å²) in [6.45, 7) is 2.94. The smallest absolute Gasteiger partial charge is 0.287 e. The highest BCUT2D eigenvalue weighted by Crippen LogP contribution is 2.38. The van der Waals surface area contributed by atoms with Crippen LogP contribution in [0.1, 0.15) is 58.0 Å². The van der Waals surface area contributed by atoms with Gasteiger partial charge in [0.05, 0.1) is 6.04 Å². The van der Waals surface area contributed by atoms with E-state index in [1.165, 1.54) is 12.1 Å². The van der Waals surface area contributed by atoms with E-state index in [1.54, 1.807) is 18.2 Å². The lowest BCUT2D eigenvalue weighted by Crippen LogP contribution is -2.40. The predicted molar refractivity (Wildman–Crippen MR) is 141 cm³/mol. The predicted octanol–water partition coefficient (Wildman–Crippen LogP) is 5.81. The summed E-state index contributed by atoms with van der Waals surface area (Å²) in [5.74, 6) is 0.703. The van der Waals surface area contributed by atoms with Crippen molar-refractivity contribution < 1.29 is 23.1 Å². The van der Waals surface area contributed by atoms with Crippen molar-refractivity contribution in [1.82, 2.24) is 10.2 Å². The van der Waals surface area contributed by atoms with Crippen molar-refractivity contribution >= 4 is 11.8 Å². The van der Waals surface area contributed by atoms with E-state index in [-0.39, 0.29) is 30.0 Å². The van der Waals surface area contributed by atoms with Crippen LogP contribution >= 0.6 is 0 Å². The highest BCUT2D eigenvalue weighted by atomic mass is 19.1. The number of fused-ring (bicyclic) bond motifs is 1. The summed E-state index contributed by atoms with van der Waals surface area (Å²) in [5.41, 5.74) is 3.74. The van der Waals surface area contributed by atoms with Gasteiger partial charge in [-0.1, -0.05) is 55.5 Å². The lowest BCUT2D eigenvalue weighted by Gasteiger charge is -2.38. The molecule has 1 atom stereocenters. The molecular weight excluding hydrogens is 483 g/mol. The number of nitrogens with zero attached hydrogens (tertiary/aromatic N) is 1. The highest BCUT2D eigenvalue weighted by molar-refractivity contribution is 5.91. The lowest BCUT2D eigenvalue weighted by atomic mass is 9.87. The lowest BCUT2D eigenvalue weighted by molar-refractivity contribution is -0.132. The van der Waals surface area contributed by atoms with Gasteiger partial charge in [0.2, 0.25) is 5.91 Å². The van der Waals surface area contributed by atoms with E-state index in [0.29, 0.717) is 37.4 Å². The van der Waals surface area contributed by atoms with Crippen LogP contribution in [-0.2, 0) is 24.4 Å². The van der Waals surface area contributed by atoms with Crippen molar-refractivity contribution in [1.29, 1.82) is 0 Å². The van der Waals surface area contributed by atoms with E-state index < -0.39 is 6.04 Å². The first-order valence-corrected chi connectivity index (χ1v) is 12.7. The van der Waals surface area contributed by atoms with Crippen molar-refractivity contribution in [3.05, 3.63) is 125 Å². The molecule has 1 aliphatic heterocycles. The molecule has 2 heterocycles. The maximum Gasteiger partial charge on any atom is 0.287 e. The molecule has 0 saturated heterocycles. The molecule has 0 fully saturated rings. The average molecular weight is 513 g/mol. The summed E-state index contributed by atoms with van der Waals surface area (Å²) in [7, 11) is 0. The Morgan fingerprint density at radius 3 is 2.66 bits per heavy atom. The van der Waals surface area contributed by atoms with Gasteiger partial charge in [0.1, 0.15) is 23.9 Å². The molecule has 194 valence electrons. The monoisotopic (exact) mass is 512 g/mol. The number of hydrogen-bond acceptors (Lipinski definition) is 4. The standard InChI is InChI=1S/C31H29FN2O4/c1-2-29(35)34-16-15-22-11-12-25(18-27(22)30(34)23-9-6-10-24(32)17-23)37-20-26-13-14-28(38-26)31(36)33-19-21-7-4-3-5-8-21/h3-14,17-18,30H,2,15-16,19-20H2,1H3,(H,33,36). The first-order chi connectivity index (χ1) is 18.5. The van der Waals surface area contributed by atoms with E-state index in [9.17, 15) is 14.0 Å². The van der Waals surface area contributed by atoms with Gasteiger partial charge in [0.15, 0.2) is 5.76 Å². The molecule has 3 aromatic carbocycles. The largest absolute Gasteiger partial charge is 0.486 e. The number of carbonyl (C=O) groups excluding carboxylic acids is 2. The molecule has 0 spiro atoms. The Labute approximate surface area is 221 Å². The summed E-state index contributed by atoms with van der Waals surface area (Å²) in [4.78, 5) is 27.1. The van der Waals surface area contributed by atoms with Crippen molar-refractivity contribution in [3.63, 3.8) is 0 Å². The molecule has 1 unspecified atom stereocenters. The van der Waals surface area contributed by atoms with Crippen molar-refractivity contribution in [2.45, 2.75) is 39.0 Å². The normalized spacial score (nSPS) is 14.6. The SMILES string of the molecule is CCC(=O)N1CCc2ccc(OCc3ccc(C(=O)NCc4ccccc4)o3)cc2C1c1cccc(F)c1. The van der Waals surface area contributed by atoms with Gasteiger partial charge in [0, 0.05) is 19.5 Å². The first-order valence-electron chi connectivity index (χ1n) is 12.7. The van der Waals surface area contributed by atoms with Gasteiger partial charge in [0.25, 0.3) is 5.91 Å². The summed E-state index contributed by atoms with van der Waals surface area (Å²) in [6.07, 6.45) is 1.09. The topological polar surface area (TPSA) is 71.8 Å². The molecule has 38 heavy (non-hydrogen) atoms. The molecule has 1 aromatic heterocycles. The number of amides is 2. The van der Waals surface area contributed by atoms with Gasteiger partial charge in [-0.15, -0.1) is 0 Å². The Balaban J connectivity index is 1.30. The number of rotatable bonds is 8. The van der Waals surface area contributed by atoms with E-state index in [2.05, 4.69) is 5.32 Å². The van der Waals surface area contributed by atoms with Crippen LogP contribution < -0.4 is 10.1 Å². The Morgan fingerprint density at radius 2 is 1.87 bits per heavy atom. The van der Waals surface area contributed by atoms with Crippen LogP contribution in [0.4, 0.5) is 4.39 Å². The van der Waals surface area contributed by atoms with Crippen molar-refractivity contribution in [2.24, 2.45) is 0 Å². The fraction of sp³-hybridized carbons (Fsp3) is 0.226. The third kappa shape index (κ3) is 5.62. The van der Waals surface area contributed by atoms with Gasteiger partial charge >= 0.3 is 0 Å². The summed E-state index contributed by atoms with van der Waals surface area (Å²) in [5, 5.41) is 2.85. The molecule has 0 bridgehead atoms. The molecule has 1 aliphatic rings. The van der Waals surface area contributed by atoms with Gasteiger partial charge in [-0.2, -0.15) is 0 Å². The molecular formula is C31H29FN2O4. The number of nitrogens with one attached hydrogen (secondary N) is 1. The molecule has 2 amide bonds. The Morgan fingerprint density at radius 1 is 1.03 bits per heavy atom. The fourth-order valence-electron chi connectivity index (χ4n) is 4.79. The Kier molecular flexibility index (Phi) is 7.54. The summed E-state index contributed by atoms with van der Waals surface area (Å²) in [6, 6.07) is 24.8. The number of carbonyl (C=O) groups is 2. The quantitative estimate of drug-likeness (QED) is 0.323. The van der Waals surface area contributed by atoms with Crippen molar-refractivity contribution in [3.8, 4) is 5.75 Å². The van der Waals surface area contributed by atoms with E-state index in [4.69, 9.17) is 9.15 Å². The molecule has 7 heteroatoms. The number of benzene rings is 3. The number of hydrogen-bond donors (Lipinski definition) is 1. The Hall–Kier alpha value is -4.39. The third-order valence-corrected chi connectivity index (χ3v) is 6.70. The molecule has 0 saturated carbocycles. The number of halogens is 1. The summed E-state index contributed by atoms with van der Waals surface area (Å²) < 4.78 is 25.8. The van der Waals surface area contributed by atoms with Crippen LogP contribution in [0.2, 0.25) is 0 Å². The van der Waals surface area contributed by atoms with Gasteiger partial charge in [-0.3, -0.25) is 9.59 Å². The van der Waals surface area contributed by atoms with Crippen LogP contribution in [0.5, 0.6) is 5.75 Å². The number of furan rings is 1. The van der Waals surface area contributed by atoms with Gasteiger partial charge in [-0.25, -0.2) is 4.39 Å². The zero-order valence-corrected chi connectivity index (χ0v) is 21.2. The number of ether oxygens (including phenoxy) is 1. The van der Waals surface area contributed by atoms with E-state index >= 15 is 0 Å². The van der Waals surface area contributed by atoms with Crippen LogP contribution in [0.15, 0.2) is 89.3 Å². The molecule has 6 nitrogen and oxygen atoms in total. The van der Waals surface area contributed by atoms with Gasteiger partial charge in [-0.05, 0) is 65.1 Å². The second-order valence-electron chi connectivity index (χ2n) is 9.23. The van der Waals surface area contributed by atoms with Crippen LogP contribution in [0.25, 0.3) is 0 Å². The minimum absolute atomic E-state index is 0.0184. The zero-order valence-electron chi connectivity index (χ0n) is 21.2. The summed E-state index contributed by atoms with van der Waals surface area (Å²) >= 11 is 0.